The van der Waals surface area contributed by atoms with Crippen LogP contribution in [0.1, 0.15) is 25.0 Å². The van der Waals surface area contributed by atoms with Gasteiger partial charge in [-0.05, 0) is 35.7 Å². The molecule has 2 aromatic carbocycles. The van der Waals surface area contributed by atoms with Crippen molar-refractivity contribution >= 4 is 29.1 Å². The van der Waals surface area contributed by atoms with Crippen LogP contribution in [0.25, 0.3) is 0 Å². The van der Waals surface area contributed by atoms with Crippen molar-refractivity contribution in [2.24, 2.45) is 0 Å². The summed E-state index contributed by atoms with van der Waals surface area (Å²) in [7, 11) is 0. The Bertz CT molecular complexity index is 714. The molecule has 0 heterocycles. The standard InChI is InChI=1S/C19H21ClN2O2/c1-3-16-6-4-5-7-18(16)22(14(2)23)13-19(24)21-12-15-8-10-17(20)11-9-15/h4-11H,3,12-13H2,1-2H3,(H,21,24). The molecule has 0 saturated carbocycles. The maximum atomic E-state index is 12.2. The lowest BCUT2D eigenvalue weighted by atomic mass is 10.1. The summed E-state index contributed by atoms with van der Waals surface area (Å²) in [5.41, 5.74) is 2.78. The lowest BCUT2D eigenvalue weighted by Crippen LogP contribution is -2.40. The maximum Gasteiger partial charge on any atom is 0.240 e. The molecule has 0 unspecified atom stereocenters. The van der Waals surface area contributed by atoms with E-state index in [-0.39, 0.29) is 18.4 Å². The van der Waals surface area contributed by atoms with Crippen LogP contribution in [0.4, 0.5) is 5.69 Å². The molecule has 5 heteroatoms. The highest BCUT2D eigenvalue weighted by molar-refractivity contribution is 6.30. The number of aryl methyl sites for hydroxylation is 1. The maximum absolute atomic E-state index is 12.2. The number of hydrogen-bond acceptors (Lipinski definition) is 2. The van der Waals surface area contributed by atoms with Crippen LogP contribution in [0.2, 0.25) is 5.02 Å². The molecular weight excluding hydrogens is 324 g/mol. The van der Waals surface area contributed by atoms with Gasteiger partial charge in [0.1, 0.15) is 6.54 Å². The van der Waals surface area contributed by atoms with Crippen molar-refractivity contribution in [3.63, 3.8) is 0 Å². The predicted octanol–water partition coefficient (Wildman–Crippen LogP) is 3.57. The molecule has 0 spiro atoms. The number of para-hydroxylation sites is 1. The third kappa shape index (κ3) is 4.83. The molecule has 24 heavy (non-hydrogen) atoms. The van der Waals surface area contributed by atoms with E-state index in [4.69, 9.17) is 11.6 Å². The summed E-state index contributed by atoms with van der Waals surface area (Å²) in [5, 5.41) is 3.49. The SMILES string of the molecule is CCc1ccccc1N(CC(=O)NCc1ccc(Cl)cc1)C(C)=O. The molecule has 0 aliphatic carbocycles. The second-order valence-corrected chi connectivity index (χ2v) is 5.93. The number of nitrogens with one attached hydrogen (secondary N) is 1. The highest BCUT2D eigenvalue weighted by Crippen LogP contribution is 2.21. The van der Waals surface area contributed by atoms with E-state index in [1.54, 1.807) is 12.1 Å². The Hall–Kier alpha value is -2.33. The molecule has 0 aliphatic rings. The summed E-state index contributed by atoms with van der Waals surface area (Å²) in [5.74, 6) is -0.358. The molecule has 0 aliphatic heterocycles. The number of halogens is 1. The van der Waals surface area contributed by atoms with Gasteiger partial charge in [-0.3, -0.25) is 9.59 Å². The van der Waals surface area contributed by atoms with Crippen molar-refractivity contribution in [1.29, 1.82) is 0 Å². The minimum Gasteiger partial charge on any atom is -0.350 e. The fourth-order valence-electron chi connectivity index (χ4n) is 2.44. The van der Waals surface area contributed by atoms with E-state index in [0.717, 1.165) is 23.2 Å². The van der Waals surface area contributed by atoms with Crippen molar-refractivity contribution in [2.75, 3.05) is 11.4 Å². The van der Waals surface area contributed by atoms with Crippen LogP contribution in [0, 0.1) is 0 Å². The van der Waals surface area contributed by atoms with E-state index in [9.17, 15) is 9.59 Å². The van der Waals surface area contributed by atoms with E-state index in [1.165, 1.54) is 11.8 Å². The van der Waals surface area contributed by atoms with E-state index in [1.807, 2.05) is 43.3 Å². The number of amides is 2. The van der Waals surface area contributed by atoms with Gasteiger partial charge in [0, 0.05) is 24.2 Å². The molecule has 2 aromatic rings. The Balaban J connectivity index is 2.03. The number of nitrogens with zero attached hydrogens (tertiary/aromatic N) is 1. The molecule has 2 rings (SSSR count). The minimum absolute atomic E-state index is 0.0000631. The second-order valence-electron chi connectivity index (χ2n) is 5.49. The van der Waals surface area contributed by atoms with Crippen LogP contribution in [0.5, 0.6) is 0 Å². The highest BCUT2D eigenvalue weighted by Gasteiger charge is 2.17. The Morgan fingerprint density at radius 2 is 1.75 bits per heavy atom. The zero-order valence-corrected chi connectivity index (χ0v) is 14.6. The van der Waals surface area contributed by atoms with E-state index in [0.29, 0.717) is 11.6 Å². The number of rotatable bonds is 6. The lowest BCUT2D eigenvalue weighted by Gasteiger charge is -2.23. The molecule has 4 nitrogen and oxygen atoms in total. The third-order valence-corrected chi connectivity index (χ3v) is 4.00. The molecule has 0 atom stereocenters. The summed E-state index contributed by atoms with van der Waals surface area (Å²) >= 11 is 5.84. The number of carbonyl (C=O) groups excluding carboxylic acids is 2. The van der Waals surface area contributed by atoms with Crippen molar-refractivity contribution < 1.29 is 9.59 Å². The number of anilines is 1. The quantitative estimate of drug-likeness (QED) is 0.870. The first-order valence-electron chi connectivity index (χ1n) is 7.88. The molecular formula is C19H21ClN2O2. The lowest BCUT2D eigenvalue weighted by molar-refractivity contribution is -0.123. The Morgan fingerprint density at radius 1 is 1.08 bits per heavy atom. The van der Waals surface area contributed by atoms with Gasteiger partial charge in [0.15, 0.2) is 0 Å². The molecule has 0 saturated heterocycles. The smallest absolute Gasteiger partial charge is 0.240 e. The van der Waals surface area contributed by atoms with Crippen molar-refractivity contribution in [2.45, 2.75) is 26.8 Å². The van der Waals surface area contributed by atoms with Crippen LogP contribution < -0.4 is 10.2 Å². The van der Waals surface area contributed by atoms with Gasteiger partial charge in [0.25, 0.3) is 0 Å². The van der Waals surface area contributed by atoms with Crippen LogP contribution in [0.3, 0.4) is 0 Å². The summed E-state index contributed by atoms with van der Waals surface area (Å²) < 4.78 is 0. The predicted molar refractivity (Wildman–Crippen MR) is 97.1 cm³/mol. The van der Waals surface area contributed by atoms with Crippen molar-refractivity contribution in [3.8, 4) is 0 Å². The van der Waals surface area contributed by atoms with Crippen molar-refractivity contribution in [3.05, 3.63) is 64.7 Å². The molecule has 0 bridgehead atoms. The second kappa shape index (κ2) is 8.50. The molecule has 1 N–H and O–H groups in total. The van der Waals surface area contributed by atoms with Crippen LogP contribution in [0.15, 0.2) is 48.5 Å². The fourth-order valence-corrected chi connectivity index (χ4v) is 2.57. The summed E-state index contributed by atoms with van der Waals surface area (Å²) in [6.45, 7) is 3.90. The average Bonchev–Trinajstić information content (AvgIpc) is 2.59. The topological polar surface area (TPSA) is 49.4 Å². The monoisotopic (exact) mass is 344 g/mol. The molecule has 0 aromatic heterocycles. The fraction of sp³-hybridized carbons (Fsp3) is 0.263. The van der Waals surface area contributed by atoms with Gasteiger partial charge in [-0.1, -0.05) is 48.9 Å². The largest absolute Gasteiger partial charge is 0.350 e. The van der Waals surface area contributed by atoms with Gasteiger partial charge in [0.2, 0.25) is 11.8 Å². The summed E-state index contributed by atoms with van der Waals surface area (Å²) in [4.78, 5) is 25.7. The molecule has 0 fully saturated rings. The summed E-state index contributed by atoms with van der Waals surface area (Å²) in [6.07, 6.45) is 0.798. The normalized spacial score (nSPS) is 10.3. The summed E-state index contributed by atoms with van der Waals surface area (Å²) in [6, 6.07) is 14.9. The van der Waals surface area contributed by atoms with E-state index >= 15 is 0 Å². The Kier molecular flexibility index (Phi) is 6.38. The van der Waals surface area contributed by atoms with Crippen LogP contribution >= 0.6 is 11.6 Å². The number of carbonyl (C=O) groups is 2. The average molecular weight is 345 g/mol. The van der Waals surface area contributed by atoms with Gasteiger partial charge < -0.3 is 10.2 Å². The molecule has 2 amide bonds. The first-order chi connectivity index (χ1) is 11.5. The zero-order valence-electron chi connectivity index (χ0n) is 13.9. The first kappa shape index (κ1) is 18.0. The third-order valence-electron chi connectivity index (χ3n) is 3.75. The molecule has 126 valence electrons. The van der Waals surface area contributed by atoms with E-state index in [2.05, 4.69) is 5.32 Å². The van der Waals surface area contributed by atoms with E-state index < -0.39 is 0 Å². The Morgan fingerprint density at radius 3 is 2.38 bits per heavy atom. The van der Waals surface area contributed by atoms with Gasteiger partial charge >= 0.3 is 0 Å². The first-order valence-corrected chi connectivity index (χ1v) is 8.26. The number of benzene rings is 2. The van der Waals surface area contributed by atoms with Crippen LogP contribution in [-0.2, 0) is 22.6 Å². The van der Waals surface area contributed by atoms with Crippen molar-refractivity contribution in [1.82, 2.24) is 5.32 Å². The zero-order chi connectivity index (χ0) is 17.5. The highest BCUT2D eigenvalue weighted by atomic mass is 35.5. The van der Waals surface area contributed by atoms with Gasteiger partial charge in [-0.25, -0.2) is 0 Å². The van der Waals surface area contributed by atoms with Gasteiger partial charge in [-0.15, -0.1) is 0 Å². The van der Waals surface area contributed by atoms with Gasteiger partial charge in [0.05, 0.1) is 0 Å². The molecule has 0 radical (unpaired) electrons. The Labute approximate surface area is 147 Å². The van der Waals surface area contributed by atoms with Gasteiger partial charge in [-0.2, -0.15) is 0 Å². The minimum atomic E-state index is -0.203. The van der Waals surface area contributed by atoms with Crippen LogP contribution in [-0.4, -0.2) is 18.4 Å². The number of hydrogen-bond donors (Lipinski definition) is 1.